The van der Waals surface area contributed by atoms with Crippen molar-refractivity contribution < 1.29 is 152 Å². The normalized spacial score (nSPS) is 39.4. The third-order valence-electron chi connectivity index (χ3n) is 17.6. The lowest BCUT2D eigenvalue weighted by atomic mass is 9.93. The molecular weight excluding hydrogens is 1320 g/mol. The number of carbonyl (C=O) groups excluding carboxylic acids is 5. The van der Waals surface area contributed by atoms with Crippen LogP contribution in [0.1, 0.15) is 96.8 Å². The van der Waals surface area contributed by atoms with E-state index in [4.69, 9.17) is 61.6 Å². The van der Waals surface area contributed by atoms with Gasteiger partial charge in [0.15, 0.2) is 37.7 Å². The van der Waals surface area contributed by atoms with Gasteiger partial charge in [-0.25, -0.2) is 0 Å². The maximum absolute atomic E-state index is 13.9. The molecule has 18 N–H and O–H groups in total. The Kier molecular flexibility index (Phi) is 31.5. The molecule has 36 nitrogen and oxygen atoms in total. The fourth-order valence-corrected chi connectivity index (χ4v) is 12.5. The monoisotopic (exact) mass is 1420 g/mol. The van der Waals surface area contributed by atoms with Gasteiger partial charge in [0, 0.05) is 53.2 Å². The molecule has 7 rings (SSSR count). The van der Waals surface area contributed by atoms with Gasteiger partial charge in [0.1, 0.15) is 146 Å². The molecule has 5 amide bonds. The minimum Gasteiger partial charge on any atom is -0.494 e. The van der Waals surface area contributed by atoms with Gasteiger partial charge in [-0.05, 0) is 38.0 Å². The van der Waals surface area contributed by atoms with Crippen LogP contribution in [0.25, 0.3) is 0 Å². The number of amides is 5. The highest BCUT2D eigenvalue weighted by molar-refractivity contribution is 5.94. The van der Waals surface area contributed by atoms with Gasteiger partial charge in [0.2, 0.25) is 23.6 Å². The summed E-state index contributed by atoms with van der Waals surface area (Å²) in [6, 6.07) is -2.53. The molecule has 0 spiro atoms. The highest BCUT2D eigenvalue weighted by Gasteiger charge is 2.58. The van der Waals surface area contributed by atoms with Gasteiger partial charge in [-0.2, -0.15) is 0 Å². The highest BCUT2D eigenvalue weighted by atomic mass is 16.8. The predicted molar refractivity (Wildman–Crippen MR) is 332 cm³/mol. The van der Waals surface area contributed by atoms with E-state index in [0.29, 0.717) is 18.6 Å². The Balaban J connectivity index is 1.07. The average molecular weight is 1420 g/mol. The van der Waals surface area contributed by atoms with E-state index in [1.165, 1.54) is 26.2 Å². The zero-order valence-corrected chi connectivity index (χ0v) is 56.0. The van der Waals surface area contributed by atoms with Gasteiger partial charge in [-0.1, -0.05) is 32.3 Å². The second kappa shape index (κ2) is 38.4. The zero-order valence-electron chi connectivity index (χ0n) is 56.0. The molecule has 99 heavy (non-hydrogen) atoms. The summed E-state index contributed by atoms with van der Waals surface area (Å²) in [5.41, 5.74) is 0.0342. The first kappa shape index (κ1) is 81.2. The van der Waals surface area contributed by atoms with E-state index < -0.39 is 246 Å². The summed E-state index contributed by atoms with van der Waals surface area (Å²) in [4.78, 5) is 65.1. The third-order valence-corrected chi connectivity index (χ3v) is 17.6. The van der Waals surface area contributed by atoms with Crippen LogP contribution in [-0.4, -0.2) is 327 Å². The van der Waals surface area contributed by atoms with Gasteiger partial charge in [-0.3, -0.25) is 24.0 Å². The first-order valence-corrected chi connectivity index (χ1v) is 33.0. The number of carbonyl (C=O) groups is 5. The number of benzene rings is 1. The van der Waals surface area contributed by atoms with Crippen LogP contribution in [0.5, 0.6) is 5.75 Å². The average Bonchev–Trinajstić information content (AvgIpc) is 0.771. The SMILES string of the molecule is CCCCCCC#CCCCOc1cccc(C(=O)N[C@@H]2C(O[C@H]3C(O)C(NC(C)=O)C(OC4C(CO)O[C@@H](O[C@H]5C(O)C(NC(C)=O)C(OC6C(CO[C@@H]7OC(C)C(O)[C@H](O)[C@H]7OC)OC(O)[C@@H](NC(C)=O)[C@H]6O)O[C@H]5CO)[C@@H](NC(C)=O)[C@H]4O)O[C@H]3CO)OC(CO)[C@@H](O)[C@@H]2O)c1. The first-order chi connectivity index (χ1) is 47.2. The van der Waals surface area contributed by atoms with E-state index >= 15 is 0 Å². The molecule has 36 heteroatoms. The van der Waals surface area contributed by atoms with Gasteiger partial charge >= 0.3 is 0 Å². The summed E-state index contributed by atoms with van der Waals surface area (Å²) in [6.45, 7) is 3.43. The number of aliphatic hydroxyl groups is 13. The summed E-state index contributed by atoms with van der Waals surface area (Å²) >= 11 is 0. The molecule has 1 aromatic carbocycles. The lowest BCUT2D eigenvalue weighted by molar-refractivity contribution is -0.368. The molecule has 0 radical (unpaired) electrons. The third kappa shape index (κ3) is 20.9. The molecule has 0 bridgehead atoms. The molecule has 6 aliphatic heterocycles. The molecule has 6 heterocycles. The second-order valence-corrected chi connectivity index (χ2v) is 25.1. The van der Waals surface area contributed by atoms with Crippen molar-refractivity contribution in [1.82, 2.24) is 26.6 Å². The van der Waals surface area contributed by atoms with Crippen molar-refractivity contribution in [2.45, 2.75) is 270 Å². The van der Waals surface area contributed by atoms with E-state index in [-0.39, 0.29) is 12.2 Å². The summed E-state index contributed by atoms with van der Waals surface area (Å²) in [5.74, 6) is 2.59. The van der Waals surface area contributed by atoms with E-state index in [9.17, 15) is 90.4 Å². The molecule has 6 saturated heterocycles. The van der Waals surface area contributed by atoms with Crippen LogP contribution in [0.4, 0.5) is 0 Å². The number of hydrogen-bond donors (Lipinski definition) is 18. The molecule has 6 fully saturated rings. The van der Waals surface area contributed by atoms with Crippen LogP contribution in [0.3, 0.4) is 0 Å². The Morgan fingerprint density at radius 2 is 0.899 bits per heavy atom. The summed E-state index contributed by atoms with van der Waals surface area (Å²) in [7, 11) is 1.21. The molecule has 0 saturated carbocycles. The highest BCUT2D eigenvalue weighted by Crippen LogP contribution is 2.37. The molecule has 15 unspecified atom stereocenters. The maximum atomic E-state index is 13.9. The van der Waals surface area contributed by atoms with Gasteiger partial charge in [0.05, 0.1) is 45.7 Å². The number of unbranched alkanes of at least 4 members (excludes halogenated alkanes) is 5. The fourth-order valence-electron chi connectivity index (χ4n) is 12.5. The number of methoxy groups -OCH3 is 1. The van der Waals surface area contributed by atoms with Crippen LogP contribution in [-0.2, 0) is 76.0 Å². The molecule has 30 atom stereocenters. The standard InChI is InChI=1S/C63H99N5O31/c1-8-9-10-11-12-13-14-15-16-20-88-33-19-17-18-32(21-33)57(85)68-40-46(79)45(78)34(22-69)92-59(40)96-52-35(23-70)93-60(41(48(52)81)65-29(4)74)97-53-36(24-71)94-61(42(49(53)82)66-30(5)75)98-54-37(25-72)95-62(43(50(54)83)67-31(6)76)99-55-38(91-58(86)39(47(55)80)64-28(3)73)26-89-63-56(87-7)51(84)44(77)27(2)90-63/h17-19,21,27,34-56,58-63,69-72,77-84,86H,8-12,15-16,20,22-26H2,1-7H3,(H,64,73)(H,65,74)(H,66,75)(H,67,76)(H,68,85)/t27?,34?,35-,36?,37-,38?,39-,40-,41?,42-,43?,44?,45+,46+,47+,48?,49+,50?,51-,52+,53?,54+,55?,56+,58?,59?,60?,61-,62?,63+/m0/s1. The predicted octanol–water partition coefficient (Wildman–Crippen LogP) is -7.27. The molecule has 0 aliphatic carbocycles. The smallest absolute Gasteiger partial charge is 0.251 e. The van der Waals surface area contributed by atoms with Gasteiger partial charge in [-0.15, -0.1) is 11.8 Å². The van der Waals surface area contributed by atoms with E-state index in [2.05, 4.69) is 45.3 Å². The van der Waals surface area contributed by atoms with E-state index in [1.54, 1.807) is 12.1 Å². The van der Waals surface area contributed by atoms with Crippen LogP contribution in [0, 0.1) is 11.8 Å². The molecule has 562 valence electrons. The minimum absolute atomic E-state index is 0.0342. The Hall–Kier alpha value is -5.07. The Bertz CT molecular complexity index is 2790. The van der Waals surface area contributed by atoms with Crippen molar-refractivity contribution in [1.29, 1.82) is 0 Å². The van der Waals surface area contributed by atoms with Crippen LogP contribution in [0.15, 0.2) is 24.3 Å². The number of rotatable bonds is 30. The molecule has 1 aromatic rings. The largest absolute Gasteiger partial charge is 0.494 e. The number of aliphatic hydroxyl groups excluding tert-OH is 13. The topological polar surface area (TPSA) is 528 Å². The van der Waals surface area contributed by atoms with Crippen LogP contribution < -0.4 is 31.3 Å². The van der Waals surface area contributed by atoms with Crippen LogP contribution >= 0.6 is 0 Å². The summed E-state index contributed by atoms with van der Waals surface area (Å²) in [6.07, 6.45) is -37.0. The number of nitrogens with one attached hydrogen (secondary N) is 5. The molecular formula is C63H99N5O31. The second-order valence-electron chi connectivity index (χ2n) is 25.1. The van der Waals surface area contributed by atoms with Crippen LogP contribution in [0.2, 0.25) is 0 Å². The van der Waals surface area contributed by atoms with Gasteiger partial charge in [0.25, 0.3) is 5.91 Å². The van der Waals surface area contributed by atoms with Gasteiger partial charge < -0.3 is 155 Å². The Morgan fingerprint density at radius 1 is 0.465 bits per heavy atom. The molecule has 6 aliphatic rings. The Morgan fingerprint density at radius 3 is 1.35 bits per heavy atom. The summed E-state index contributed by atoms with van der Waals surface area (Å²) < 4.78 is 77.9. The van der Waals surface area contributed by atoms with Crippen molar-refractivity contribution in [2.24, 2.45) is 0 Å². The maximum Gasteiger partial charge on any atom is 0.251 e. The van der Waals surface area contributed by atoms with Crippen molar-refractivity contribution in [3.05, 3.63) is 29.8 Å². The Labute approximate surface area is 571 Å². The number of hydrogen-bond acceptors (Lipinski definition) is 31. The minimum atomic E-state index is -2.07. The lowest BCUT2D eigenvalue weighted by Gasteiger charge is -2.51. The molecule has 0 aromatic heterocycles. The van der Waals surface area contributed by atoms with Crippen molar-refractivity contribution in [3.63, 3.8) is 0 Å². The quantitative estimate of drug-likeness (QED) is 0.0251. The van der Waals surface area contributed by atoms with Crippen molar-refractivity contribution in [2.75, 3.05) is 46.8 Å². The number of ether oxygens (including phenoxy) is 13. The van der Waals surface area contributed by atoms with E-state index in [0.717, 1.165) is 59.8 Å². The van der Waals surface area contributed by atoms with Crippen molar-refractivity contribution >= 4 is 29.5 Å². The lowest BCUT2D eigenvalue weighted by Crippen LogP contribution is -2.72. The van der Waals surface area contributed by atoms with E-state index in [1.807, 2.05) is 0 Å². The summed E-state index contributed by atoms with van der Waals surface area (Å²) in [5, 5.41) is 158. The zero-order chi connectivity index (χ0) is 72.5. The van der Waals surface area contributed by atoms with Crippen molar-refractivity contribution in [3.8, 4) is 17.6 Å². The fraction of sp³-hybridized carbons (Fsp3) is 0.794. The first-order valence-electron chi connectivity index (χ1n) is 33.0.